The average molecular weight is 545 g/mol. The van der Waals surface area contributed by atoms with Gasteiger partial charge in [-0.15, -0.1) is 11.8 Å². The fourth-order valence-electron chi connectivity index (χ4n) is 7.00. The highest BCUT2D eigenvalue weighted by atomic mass is 32.2. The first-order valence-corrected chi connectivity index (χ1v) is 14.2. The van der Waals surface area contributed by atoms with Crippen LogP contribution < -0.4 is 14.3 Å². The lowest BCUT2D eigenvalue weighted by atomic mass is 9.68. The van der Waals surface area contributed by atoms with Gasteiger partial charge in [0.05, 0.1) is 30.6 Å². The maximum absolute atomic E-state index is 13.3. The number of fused-ring (bicyclic) bond motifs is 9. The number of aromatic amines is 1. The minimum atomic E-state index is -1.19. The van der Waals surface area contributed by atoms with Crippen molar-refractivity contribution in [2.75, 3.05) is 20.3 Å². The maximum Gasteiger partial charge on any atom is 0.323 e. The third-order valence-electron chi connectivity index (χ3n) is 8.23. The third kappa shape index (κ3) is 3.72. The van der Waals surface area contributed by atoms with Crippen LogP contribution in [0, 0.1) is 35.5 Å². The van der Waals surface area contributed by atoms with E-state index >= 15 is 0 Å². The van der Waals surface area contributed by atoms with Gasteiger partial charge in [-0.25, -0.2) is 0 Å². The maximum atomic E-state index is 13.3. The molecule has 1 saturated heterocycles. The Morgan fingerprint density at radius 2 is 1.89 bits per heavy atom. The zero-order chi connectivity index (χ0) is 26.2. The van der Waals surface area contributed by atoms with Crippen molar-refractivity contribution in [3.05, 3.63) is 38.3 Å². The van der Waals surface area contributed by atoms with E-state index in [4.69, 9.17) is 9.47 Å². The first kappa shape index (κ1) is 24.5. The second-order valence-electron chi connectivity index (χ2n) is 10.7. The molecule has 196 valence electrons. The summed E-state index contributed by atoms with van der Waals surface area (Å²) in [5.41, 5.74) is 0.976. The summed E-state index contributed by atoms with van der Waals surface area (Å²) in [6, 6.07) is 5.87. The van der Waals surface area contributed by atoms with Crippen LogP contribution in [0.3, 0.4) is 0 Å². The van der Waals surface area contributed by atoms with Gasteiger partial charge >= 0.3 is 10.8 Å². The Balaban J connectivity index is 1.41. The van der Waals surface area contributed by atoms with Gasteiger partial charge in [-0.2, -0.15) is 0 Å². The number of nitrogens with one attached hydrogen (secondary N) is 1. The van der Waals surface area contributed by atoms with E-state index in [1.807, 2.05) is 18.2 Å². The summed E-state index contributed by atoms with van der Waals surface area (Å²) in [5.74, 6) is -1.52. The number of aliphatic carboxylic acids is 1. The summed E-state index contributed by atoms with van der Waals surface area (Å²) >= 11 is 2.80. The SMILES string of the molecule is COc1cc([C@H]2c3sc(=O)[nH]c3SC3C4CC(C5C(=O)N(CC(=O)O)C(=O)C45)C32)ccc1OCC(C)C. The molecule has 1 aromatic carbocycles. The minimum Gasteiger partial charge on any atom is -0.493 e. The Morgan fingerprint density at radius 1 is 1.16 bits per heavy atom. The number of carbonyl (C=O) groups is 3. The number of carboxylic acids is 1. The van der Waals surface area contributed by atoms with Gasteiger partial charge in [0.1, 0.15) is 6.54 Å². The highest BCUT2D eigenvalue weighted by molar-refractivity contribution is 8.00. The minimum absolute atomic E-state index is 0.0314. The second-order valence-corrected chi connectivity index (χ2v) is 12.9. The van der Waals surface area contributed by atoms with Gasteiger partial charge in [0.2, 0.25) is 11.8 Å². The first-order valence-electron chi connectivity index (χ1n) is 12.5. The molecule has 2 aliphatic heterocycles. The Hall–Kier alpha value is -2.79. The van der Waals surface area contributed by atoms with E-state index in [0.717, 1.165) is 26.8 Å². The first-order chi connectivity index (χ1) is 17.7. The van der Waals surface area contributed by atoms with Gasteiger partial charge < -0.3 is 19.6 Å². The van der Waals surface area contributed by atoms with Crippen molar-refractivity contribution in [3.8, 4) is 11.5 Å². The lowest BCUT2D eigenvalue weighted by Crippen LogP contribution is -2.42. The number of thiazole rings is 1. The summed E-state index contributed by atoms with van der Waals surface area (Å²) in [6.45, 7) is 4.11. The van der Waals surface area contributed by atoms with Crippen molar-refractivity contribution < 1.29 is 29.0 Å². The number of rotatable bonds is 7. The van der Waals surface area contributed by atoms with Gasteiger partial charge in [-0.1, -0.05) is 31.3 Å². The number of methoxy groups -OCH3 is 1. The molecule has 6 unspecified atom stereocenters. The zero-order valence-electron chi connectivity index (χ0n) is 20.6. The number of carboxylic acid groups (broad SMARTS) is 1. The quantitative estimate of drug-likeness (QED) is 0.510. The Morgan fingerprint density at radius 3 is 2.57 bits per heavy atom. The van der Waals surface area contributed by atoms with E-state index in [-0.39, 0.29) is 45.6 Å². The smallest absolute Gasteiger partial charge is 0.323 e. The number of ether oxygens (including phenoxy) is 2. The predicted molar refractivity (Wildman–Crippen MR) is 136 cm³/mol. The number of imide groups is 1. The molecular weight excluding hydrogens is 516 g/mol. The molecule has 0 spiro atoms. The molecule has 2 saturated carbocycles. The van der Waals surface area contributed by atoms with Crippen molar-refractivity contribution in [2.45, 2.75) is 36.5 Å². The average Bonchev–Trinajstić information content (AvgIpc) is 3.58. The molecule has 1 aromatic heterocycles. The van der Waals surface area contributed by atoms with Crippen molar-refractivity contribution in [2.24, 2.45) is 35.5 Å². The summed E-state index contributed by atoms with van der Waals surface area (Å²) < 4.78 is 11.6. The van der Waals surface area contributed by atoms with E-state index in [9.17, 15) is 24.3 Å². The van der Waals surface area contributed by atoms with Gasteiger partial charge in [-0.3, -0.25) is 24.1 Å². The van der Waals surface area contributed by atoms with Crippen LogP contribution in [0.25, 0.3) is 0 Å². The Bertz CT molecular complexity index is 1350. The van der Waals surface area contributed by atoms with Gasteiger partial charge in [0, 0.05) is 16.0 Å². The second kappa shape index (κ2) is 8.90. The summed E-state index contributed by atoms with van der Waals surface area (Å²) in [6.07, 6.45) is 0.748. The third-order valence-corrected chi connectivity index (χ3v) is 10.8. The van der Waals surface area contributed by atoms with Crippen LogP contribution in [-0.2, 0) is 14.4 Å². The molecule has 2 N–H and O–H groups in total. The normalized spacial score (nSPS) is 31.5. The Kier molecular flexibility index (Phi) is 5.91. The molecular formula is C26H28N2O7S2. The highest BCUT2D eigenvalue weighted by Crippen LogP contribution is 2.68. The molecule has 4 aliphatic rings. The van der Waals surface area contributed by atoms with E-state index < -0.39 is 24.3 Å². The van der Waals surface area contributed by atoms with E-state index in [1.54, 1.807) is 18.9 Å². The Labute approximate surface area is 221 Å². The largest absolute Gasteiger partial charge is 0.493 e. The highest BCUT2D eigenvalue weighted by Gasteiger charge is 2.69. The summed E-state index contributed by atoms with van der Waals surface area (Å²) in [5, 5.41) is 10.1. The fourth-order valence-corrected chi connectivity index (χ4v) is 9.89. The zero-order valence-corrected chi connectivity index (χ0v) is 22.3. The molecule has 2 aromatic rings. The summed E-state index contributed by atoms with van der Waals surface area (Å²) in [4.78, 5) is 55.0. The summed E-state index contributed by atoms with van der Waals surface area (Å²) in [7, 11) is 1.60. The number of hydrogen-bond acceptors (Lipinski definition) is 8. The van der Waals surface area contributed by atoms with Crippen molar-refractivity contribution in [3.63, 3.8) is 0 Å². The van der Waals surface area contributed by atoms with Crippen LogP contribution in [-0.4, -0.2) is 58.3 Å². The van der Waals surface area contributed by atoms with Crippen LogP contribution in [0.1, 0.15) is 36.6 Å². The van der Waals surface area contributed by atoms with Crippen LogP contribution in [0.2, 0.25) is 0 Å². The molecule has 6 rings (SSSR count). The molecule has 11 heteroatoms. The van der Waals surface area contributed by atoms with Crippen molar-refractivity contribution in [1.29, 1.82) is 0 Å². The molecule has 9 nitrogen and oxygen atoms in total. The number of likely N-dealkylation sites (tertiary alicyclic amines) is 1. The lowest BCUT2D eigenvalue weighted by Gasteiger charge is -2.43. The number of aromatic nitrogens is 1. The van der Waals surface area contributed by atoms with Gasteiger partial charge in [0.15, 0.2) is 11.5 Å². The van der Waals surface area contributed by atoms with Crippen LogP contribution in [0.4, 0.5) is 0 Å². The van der Waals surface area contributed by atoms with Crippen LogP contribution in [0.15, 0.2) is 28.0 Å². The molecule has 0 radical (unpaired) electrons. The van der Waals surface area contributed by atoms with Gasteiger partial charge in [-0.05, 0) is 47.8 Å². The molecule has 7 atom stereocenters. The molecule has 3 heterocycles. The number of H-pyrrole nitrogens is 1. The monoisotopic (exact) mass is 544 g/mol. The predicted octanol–water partition coefficient (Wildman–Crippen LogP) is 3.04. The lowest BCUT2D eigenvalue weighted by molar-refractivity contribution is -0.149. The van der Waals surface area contributed by atoms with Crippen LogP contribution in [0.5, 0.6) is 11.5 Å². The number of carbonyl (C=O) groups excluding carboxylic acids is 2. The number of benzene rings is 1. The standard InChI is InChI=1S/C26H28N2O7S2/c1-10(2)9-35-14-5-4-11(6-15(14)34-3)17-18-12-7-13(21(18)36-23-22(17)37-26(33)27-23)20-19(12)24(31)28(25(20)32)8-16(29)30/h4-6,10,12-13,17-21H,7-9H2,1-3H3,(H,27,33)(H,29,30)/t12?,13?,17-,18?,19?,20?,21?/m1/s1. The van der Waals surface area contributed by atoms with E-state index in [1.165, 1.54) is 11.3 Å². The van der Waals surface area contributed by atoms with E-state index in [2.05, 4.69) is 18.8 Å². The number of amides is 2. The molecule has 3 fully saturated rings. The van der Waals surface area contributed by atoms with Crippen LogP contribution >= 0.6 is 23.1 Å². The molecule has 2 bridgehead atoms. The van der Waals surface area contributed by atoms with Crippen molar-refractivity contribution >= 4 is 40.9 Å². The number of nitrogens with zero attached hydrogens (tertiary/aromatic N) is 1. The fraction of sp³-hybridized carbons (Fsp3) is 0.538. The number of hydrogen-bond donors (Lipinski definition) is 2. The van der Waals surface area contributed by atoms with Gasteiger partial charge in [0.25, 0.3) is 0 Å². The molecule has 2 aliphatic carbocycles. The molecule has 2 amide bonds. The molecule has 37 heavy (non-hydrogen) atoms. The van der Waals surface area contributed by atoms with Crippen molar-refractivity contribution in [1.82, 2.24) is 9.88 Å². The topological polar surface area (TPSA) is 126 Å². The van der Waals surface area contributed by atoms with E-state index in [0.29, 0.717) is 24.0 Å². The number of thioether (sulfide) groups is 1.